The van der Waals surface area contributed by atoms with Gasteiger partial charge in [-0.25, -0.2) is 0 Å². The summed E-state index contributed by atoms with van der Waals surface area (Å²) in [6, 6.07) is 0. The minimum Gasteiger partial charge on any atom is -0.376 e. The molecule has 21 heavy (non-hydrogen) atoms. The third-order valence-electron chi connectivity index (χ3n) is 4.71. The number of rotatable bonds is 8. The molecule has 0 spiro atoms. The predicted molar refractivity (Wildman–Crippen MR) is 85.7 cm³/mol. The Morgan fingerprint density at radius 2 is 1.29 bits per heavy atom. The first-order chi connectivity index (χ1) is 10.2. The van der Waals surface area contributed by atoms with Crippen LogP contribution in [0.15, 0.2) is 0 Å². The summed E-state index contributed by atoms with van der Waals surface area (Å²) in [5.74, 6) is 0. The molecule has 0 amide bonds. The standard InChI is InChI=1S/C18H34O3/c1-15(13-20-17-9-5-3-6-10-17)19-14-16(2)21-18-11-7-4-8-12-18/h15-18H,3-14H2,1-2H3. The molecule has 0 saturated heterocycles. The van der Waals surface area contributed by atoms with E-state index in [0.717, 1.165) is 6.61 Å². The van der Waals surface area contributed by atoms with Crippen LogP contribution >= 0.6 is 0 Å². The maximum Gasteiger partial charge on any atom is 0.0784 e. The highest BCUT2D eigenvalue weighted by molar-refractivity contribution is 4.68. The number of hydrogen-bond donors (Lipinski definition) is 0. The minimum atomic E-state index is 0.171. The lowest BCUT2D eigenvalue weighted by molar-refractivity contribution is -0.0954. The molecule has 0 bridgehead atoms. The highest BCUT2D eigenvalue weighted by Crippen LogP contribution is 2.22. The van der Waals surface area contributed by atoms with Crippen molar-refractivity contribution in [3.63, 3.8) is 0 Å². The van der Waals surface area contributed by atoms with Crippen molar-refractivity contribution in [3.05, 3.63) is 0 Å². The van der Waals surface area contributed by atoms with Crippen molar-refractivity contribution in [1.29, 1.82) is 0 Å². The second kappa shape index (κ2) is 9.81. The first-order valence-corrected chi connectivity index (χ1v) is 9.12. The molecule has 0 aromatic rings. The molecule has 2 aliphatic carbocycles. The molecule has 2 fully saturated rings. The molecular weight excluding hydrogens is 264 g/mol. The van der Waals surface area contributed by atoms with Gasteiger partial charge in [0, 0.05) is 0 Å². The molecule has 2 saturated carbocycles. The van der Waals surface area contributed by atoms with Crippen molar-refractivity contribution < 1.29 is 14.2 Å². The molecule has 0 radical (unpaired) electrons. The van der Waals surface area contributed by atoms with E-state index in [1.807, 2.05) is 0 Å². The van der Waals surface area contributed by atoms with Crippen LogP contribution < -0.4 is 0 Å². The smallest absolute Gasteiger partial charge is 0.0784 e. The summed E-state index contributed by atoms with van der Waals surface area (Å²) in [5.41, 5.74) is 0. The molecule has 0 aromatic carbocycles. The average molecular weight is 298 g/mol. The highest BCUT2D eigenvalue weighted by Gasteiger charge is 2.18. The van der Waals surface area contributed by atoms with E-state index in [4.69, 9.17) is 14.2 Å². The van der Waals surface area contributed by atoms with Crippen molar-refractivity contribution in [2.24, 2.45) is 0 Å². The van der Waals surface area contributed by atoms with Crippen LogP contribution in [0.5, 0.6) is 0 Å². The lowest BCUT2D eigenvalue weighted by atomic mass is 9.98. The van der Waals surface area contributed by atoms with E-state index in [9.17, 15) is 0 Å². The lowest BCUT2D eigenvalue weighted by Crippen LogP contribution is -2.29. The quantitative estimate of drug-likeness (QED) is 0.661. The van der Waals surface area contributed by atoms with Gasteiger partial charge in [-0.05, 0) is 39.5 Å². The van der Waals surface area contributed by atoms with Crippen molar-refractivity contribution in [1.82, 2.24) is 0 Å². The third kappa shape index (κ3) is 7.12. The molecule has 124 valence electrons. The summed E-state index contributed by atoms with van der Waals surface area (Å²) in [5, 5.41) is 0. The summed E-state index contributed by atoms with van der Waals surface area (Å²) in [6.07, 6.45) is 14.3. The van der Waals surface area contributed by atoms with E-state index in [-0.39, 0.29) is 12.2 Å². The van der Waals surface area contributed by atoms with Crippen LogP contribution in [0.4, 0.5) is 0 Å². The van der Waals surface area contributed by atoms with Crippen LogP contribution in [-0.2, 0) is 14.2 Å². The van der Waals surface area contributed by atoms with Gasteiger partial charge in [0.25, 0.3) is 0 Å². The Morgan fingerprint density at radius 3 is 1.90 bits per heavy atom. The van der Waals surface area contributed by atoms with Gasteiger partial charge in [-0.2, -0.15) is 0 Å². The van der Waals surface area contributed by atoms with Crippen LogP contribution in [0.1, 0.15) is 78.1 Å². The van der Waals surface area contributed by atoms with Gasteiger partial charge in [-0.1, -0.05) is 38.5 Å². The molecule has 0 aliphatic heterocycles. The average Bonchev–Trinajstić information content (AvgIpc) is 2.53. The summed E-state index contributed by atoms with van der Waals surface area (Å²) >= 11 is 0. The van der Waals surface area contributed by atoms with Crippen LogP contribution in [-0.4, -0.2) is 37.6 Å². The maximum absolute atomic E-state index is 6.07. The highest BCUT2D eigenvalue weighted by atomic mass is 16.6. The Morgan fingerprint density at radius 1 is 0.714 bits per heavy atom. The molecule has 3 heteroatoms. The Bertz CT molecular complexity index is 257. The largest absolute Gasteiger partial charge is 0.376 e. The van der Waals surface area contributed by atoms with E-state index in [1.54, 1.807) is 0 Å². The van der Waals surface area contributed by atoms with Gasteiger partial charge >= 0.3 is 0 Å². The van der Waals surface area contributed by atoms with Crippen LogP contribution in [0.3, 0.4) is 0 Å². The summed E-state index contributed by atoms with van der Waals surface area (Å²) in [6.45, 7) is 5.64. The number of ether oxygens (including phenoxy) is 3. The van der Waals surface area contributed by atoms with Gasteiger partial charge in [0.15, 0.2) is 0 Å². The molecule has 3 nitrogen and oxygen atoms in total. The zero-order chi connectivity index (χ0) is 14.9. The Kier molecular flexibility index (Phi) is 8.05. The van der Waals surface area contributed by atoms with Gasteiger partial charge in [-0.3, -0.25) is 0 Å². The fourth-order valence-corrected chi connectivity index (χ4v) is 3.42. The molecule has 2 atom stereocenters. The Labute approximate surface area is 130 Å². The van der Waals surface area contributed by atoms with E-state index < -0.39 is 0 Å². The molecule has 0 N–H and O–H groups in total. The zero-order valence-electron chi connectivity index (χ0n) is 14.0. The van der Waals surface area contributed by atoms with Gasteiger partial charge < -0.3 is 14.2 Å². The first kappa shape index (κ1) is 17.2. The predicted octanol–water partition coefficient (Wildman–Crippen LogP) is 4.48. The third-order valence-corrected chi connectivity index (χ3v) is 4.71. The lowest BCUT2D eigenvalue weighted by Gasteiger charge is -2.27. The maximum atomic E-state index is 6.07. The SMILES string of the molecule is CC(COC1CCCCC1)OCC(C)OC1CCCCC1. The van der Waals surface area contributed by atoms with Gasteiger partial charge in [0.05, 0.1) is 37.6 Å². The van der Waals surface area contributed by atoms with E-state index >= 15 is 0 Å². The normalized spacial score (nSPS) is 24.9. The molecule has 0 heterocycles. The van der Waals surface area contributed by atoms with Crippen molar-refractivity contribution in [2.75, 3.05) is 13.2 Å². The second-order valence-corrected chi connectivity index (χ2v) is 6.94. The van der Waals surface area contributed by atoms with E-state index in [2.05, 4.69) is 13.8 Å². The van der Waals surface area contributed by atoms with Gasteiger partial charge in [0.1, 0.15) is 0 Å². The summed E-state index contributed by atoms with van der Waals surface area (Å²) < 4.78 is 17.9. The summed E-state index contributed by atoms with van der Waals surface area (Å²) in [7, 11) is 0. The monoisotopic (exact) mass is 298 g/mol. The number of hydrogen-bond acceptors (Lipinski definition) is 3. The van der Waals surface area contributed by atoms with E-state index in [0.29, 0.717) is 18.8 Å². The van der Waals surface area contributed by atoms with Crippen LogP contribution in [0.25, 0.3) is 0 Å². The molecule has 0 aromatic heterocycles. The fraction of sp³-hybridized carbons (Fsp3) is 1.00. The van der Waals surface area contributed by atoms with Gasteiger partial charge in [0.2, 0.25) is 0 Å². The molecule has 2 rings (SSSR count). The Balaban J connectivity index is 1.51. The van der Waals surface area contributed by atoms with Crippen LogP contribution in [0.2, 0.25) is 0 Å². The minimum absolute atomic E-state index is 0.171. The molecule has 2 aliphatic rings. The fourth-order valence-electron chi connectivity index (χ4n) is 3.42. The van der Waals surface area contributed by atoms with Crippen molar-refractivity contribution in [2.45, 2.75) is 102 Å². The molecular formula is C18H34O3. The summed E-state index contributed by atoms with van der Waals surface area (Å²) in [4.78, 5) is 0. The topological polar surface area (TPSA) is 27.7 Å². The van der Waals surface area contributed by atoms with Gasteiger partial charge in [-0.15, -0.1) is 0 Å². The van der Waals surface area contributed by atoms with Crippen molar-refractivity contribution in [3.8, 4) is 0 Å². The van der Waals surface area contributed by atoms with Crippen LogP contribution in [0, 0.1) is 0 Å². The molecule has 2 unspecified atom stereocenters. The first-order valence-electron chi connectivity index (χ1n) is 9.12. The van der Waals surface area contributed by atoms with E-state index in [1.165, 1.54) is 64.2 Å². The Hall–Kier alpha value is -0.120. The zero-order valence-corrected chi connectivity index (χ0v) is 14.0. The van der Waals surface area contributed by atoms with Crippen molar-refractivity contribution >= 4 is 0 Å². The second-order valence-electron chi connectivity index (χ2n) is 6.94.